The van der Waals surface area contributed by atoms with Gasteiger partial charge in [-0.3, -0.25) is 0 Å². The maximum atomic E-state index is 13.3. The summed E-state index contributed by atoms with van der Waals surface area (Å²) >= 11 is 0. The van der Waals surface area contributed by atoms with Gasteiger partial charge in [0.05, 0.1) is 9.30 Å². The van der Waals surface area contributed by atoms with Crippen molar-refractivity contribution >= 4 is 0 Å². The standard InChI is InChI=1S/C19H20FNO3/c20-15-3-1-13(2-4-15)17-7-8-21-10-14(17)11-22-16-5-6-18-19(9-16)24-12-23-18/h1-6,9,14,17,21H,7-8,10-12H2/t14-,17-/m0/s1/i11D2,12D2. The van der Waals surface area contributed by atoms with Crippen LogP contribution >= 0.6 is 0 Å². The normalized spacial score (nSPS) is 27.5. The molecule has 2 aromatic rings. The van der Waals surface area contributed by atoms with E-state index in [1.54, 1.807) is 12.1 Å². The van der Waals surface area contributed by atoms with Crippen LogP contribution in [0.5, 0.6) is 17.2 Å². The monoisotopic (exact) mass is 333 g/mol. The van der Waals surface area contributed by atoms with Crippen molar-refractivity contribution in [1.82, 2.24) is 5.32 Å². The first-order valence-corrected chi connectivity index (χ1v) is 7.91. The number of piperidine rings is 1. The van der Waals surface area contributed by atoms with Gasteiger partial charge in [0.15, 0.2) is 11.5 Å². The minimum atomic E-state index is -2.25. The lowest BCUT2D eigenvalue weighted by molar-refractivity contribution is 0.173. The van der Waals surface area contributed by atoms with Crippen LogP contribution in [-0.2, 0) is 0 Å². The Kier molecular flexibility index (Phi) is 3.15. The fourth-order valence-corrected chi connectivity index (χ4v) is 3.06. The Morgan fingerprint density at radius 1 is 1.21 bits per heavy atom. The molecular weight excluding hydrogens is 309 g/mol. The first-order valence-electron chi connectivity index (χ1n) is 9.91. The quantitative estimate of drug-likeness (QED) is 0.932. The molecule has 1 saturated heterocycles. The number of rotatable bonds is 4. The molecule has 0 unspecified atom stereocenters. The van der Waals surface area contributed by atoms with Gasteiger partial charge in [-0.2, -0.15) is 0 Å². The molecule has 2 aromatic carbocycles. The molecule has 2 heterocycles. The molecule has 0 bridgehead atoms. The highest BCUT2D eigenvalue weighted by molar-refractivity contribution is 5.46. The summed E-state index contributed by atoms with van der Waals surface area (Å²) in [4.78, 5) is 0. The van der Waals surface area contributed by atoms with Crippen LogP contribution in [0.3, 0.4) is 0 Å². The number of hydrogen-bond acceptors (Lipinski definition) is 4. The first-order chi connectivity index (χ1) is 13.2. The van der Waals surface area contributed by atoms with E-state index in [1.807, 2.05) is 0 Å². The van der Waals surface area contributed by atoms with Gasteiger partial charge in [0, 0.05) is 18.5 Å². The van der Waals surface area contributed by atoms with Gasteiger partial charge in [0.1, 0.15) is 14.3 Å². The van der Waals surface area contributed by atoms with Gasteiger partial charge in [-0.1, -0.05) is 12.1 Å². The molecule has 1 fully saturated rings. The van der Waals surface area contributed by atoms with Crippen LogP contribution in [0.25, 0.3) is 0 Å². The molecule has 2 atom stereocenters. The van der Waals surface area contributed by atoms with E-state index in [4.69, 9.17) is 19.7 Å². The predicted octanol–water partition coefficient (Wildman–Crippen LogP) is 3.33. The largest absolute Gasteiger partial charge is 0.493 e. The summed E-state index contributed by atoms with van der Waals surface area (Å²) in [5.74, 6) is -0.331. The summed E-state index contributed by atoms with van der Waals surface area (Å²) in [6.45, 7) is -3.10. The van der Waals surface area contributed by atoms with Crippen molar-refractivity contribution < 1.29 is 24.1 Å². The maximum absolute atomic E-state index is 13.3. The number of halogens is 1. The number of fused-ring (bicyclic) bond motifs is 1. The summed E-state index contributed by atoms with van der Waals surface area (Å²) in [6, 6.07) is 10.6. The summed E-state index contributed by atoms with van der Waals surface area (Å²) in [7, 11) is 0. The molecule has 0 aliphatic carbocycles. The second-order valence-corrected chi connectivity index (χ2v) is 5.87. The van der Waals surface area contributed by atoms with E-state index in [1.165, 1.54) is 30.3 Å². The lowest BCUT2D eigenvalue weighted by Crippen LogP contribution is -2.38. The Bertz CT molecular complexity index is 863. The Labute approximate surface area is 146 Å². The van der Waals surface area contributed by atoms with Crippen molar-refractivity contribution in [2.75, 3.05) is 26.4 Å². The fourth-order valence-electron chi connectivity index (χ4n) is 3.06. The summed E-state index contributed by atoms with van der Waals surface area (Å²) in [5, 5.41) is 3.20. The van der Waals surface area contributed by atoms with E-state index < -0.39 is 19.2 Å². The second kappa shape index (κ2) is 6.69. The van der Waals surface area contributed by atoms with Gasteiger partial charge in [-0.05, 0) is 48.7 Å². The lowest BCUT2D eigenvalue weighted by Gasteiger charge is -2.32. The van der Waals surface area contributed by atoms with Gasteiger partial charge in [0.2, 0.25) is 6.75 Å². The zero-order valence-corrected chi connectivity index (χ0v) is 12.9. The average molecular weight is 333 g/mol. The van der Waals surface area contributed by atoms with Crippen LogP contribution < -0.4 is 19.5 Å². The summed E-state index contributed by atoms with van der Waals surface area (Å²) in [5.41, 5.74) is 0.874. The molecule has 2 aliphatic heterocycles. The van der Waals surface area contributed by atoms with Crippen molar-refractivity contribution in [3.8, 4) is 17.2 Å². The van der Waals surface area contributed by atoms with Gasteiger partial charge in [-0.15, -0.1) is 0 Å². The smallest absolute Gasteiger partial charge is 0.231 e. The van der Waals surface area contributed by atoms with E-state index in [0.717, 1.165) is 12.1 Å². The number of benzene rings is 2. The zero-order chi connectivity index (χ0) is 19.9. The van der Waals surface area contributed by atoms with Crippen LogP contribution in [0.15, 0.2) is 42.5 Å². The third kappa shape index (κ3) is 3.17. The van der Waals surface area contributed by atoms with E-state index in [0.29, 0.717) is 13.0 Å². The molecular formula is C19H20FNO3. The van der Waals surface area contributed by atoms with Crippen LogP contribution in [0.2, 0.25) is 0 Å². The van der Waals surface area contributed by atoms with E-state index in [-0.39, 0.29) is 29.0 Å². The third-order valence-corrected chi connectivity index (χ3v) is 4.33. The summed E-state index contributed by atoms with van der Waals surface area (Å²) in [6.07, 6.45) is 0.709. The highest BCUT2D eigenvalue weighted by Gasteiger charge is 2.27. The topological polar surface area (TPSA) is 39.7 Å². The minimum Gasteiger partial charge on any atom is -0.493 e. The number of nitrogens with one attached hydrogen (secondary N) is 1. The molecule has 0 amide bonds. The van der Waals surface area contributed by atoms with Crippen molar-refractivity contribution in [2.24, 2.45) is 5.92 Å². The van der Waals surface area contributed by atoms with Gasteiger partial charge in [0.25, 0.3) is 0 Å². The first kappa shape index (κ1) is 11.3. The zero-order valence-electron chi connectivity index (χ0n) is 16.9. The van der Waals surface area contributed by atoms with Gasteiger partial charge >= 0.3 is 0 Å². The van der Waals surface area contributed by atoms with E-state index in [9.17, 15) is 4.39 Å². The molecule has 0 aromatic heterocycles. The third-order valence-electron chi connectivity index (χ3n) is 4.33. The number of hydrogen-bond donors (Lipinski definition) is 1. The Balaban J connectivity index is 1.56. The summed E-state index contributed by atoms with van der Waals surface area (Å²) < 4.78 is 61.1. The highest BCUT2D eigenvalue weighted by Crippen LogP contribution is 2.36. The van der Waals surface area contributed by atoms with Crippen LogP contribution in [-0.4, -0.2) is 26.4 Å². The SMILES string of the molecule is [2H]C1([2H])Oc2ccc(OC([2H])([2H])[C@@H]3CNCC[C@H]3c3ccc(F)cc3)cc2O1. The lowest BCUT2D eigenvalue weighted by atomic mass is 9.81. The van der Waals surface area contributed by atoms with Crippen LogP contribution in [0, 0.1) is 11.7 Å². The Morgan fingerprint density at radius 3 is 2.92 bits per heavy atom. The van der Waals surface area contributed by atoms with Gasteiger partial charge < -0.3 is 19.5 Å². The van der Waals surface area contributed by atoms with Crippen molar-refractivity contribution in [1.29, 1.82) is 0 Å². The van der Waals surface area contributed by atoms with Gasteiger partial charge in [-0.25, -0.2) is 4.39 Å². The Morgan fingerprint density at radius 2 is 2.04 bits per heavy atom. The predicted molar refractivity (Wildman–Crippen MR) is 88.2 cm³/mol. The van der Waals surface area contributed by atoms with Crippen LogP contribution in [0.1, 0.15) is 23.4 Å². The molecule has 2 aliphatic rings. The minimum absolute atomic E-state index is 0.125. The highest BCUT2D eigenvalue weighted by atomic mass is 19.1. The van der Waals surface area contributed by atoms with Crippen molar-refractivity contribution in [2.45, 2.75) is 12.3 Å². The molecule has 126 valence electrons. The molecule has 4 rings (SSSR count). The van der Waals surface area contributed by atoms with E-state index in [2.05, 4.69) is 5.32 Å². The van der Waals surface area contributed by atoms with Crippen molar-refractivity contribution in [3.63, 3.8) is 0 Å². The molecule has 5 heteroatoms. The molecule has 4 nitrogen and oxygen atoms in total. The second-order valence-electron chi connectivity index (χ2n) is 5.87. The molecule has 0 saturated carbocycles. The molecule has 0 radical (unpaired) electrons. The molecule has 24 heavy (non-hydrogen) atoms. The molecule has 0 spiro atoms. The maximum Gasteiger partial charge on any atom is 0.231 e. The number of ether oxygens (including phenoxy) is 3. The van der Waals surface area contributed by atoms with E-state index >= 15 is 0 Å². The average Bonchev–Trinajstić information content (AvgIpc) is 2.95. The molecule has 1 N–H and O–H groups in total. The Hall–Kier alpha value is -2.27. The fraction of sp³-hybridized carbons (Fsp3) is 0.368. The van der Waals surface area contributed by atoms with Crippen molar-refractivity contribution in [3.05, 3.63) is 53.8 Å². The van der Waals surface area contributed by atoms with Crippen LogP contribution in [0.4, 0.5) is 4.39 Å².